The SMILES string of the molecule is C=CCC(C)/C(=N/O)c1ccccc1. The molecule has 0 saturated heterocycles. The van der Waals surface area contributed by atoms with Crippen molar-refractivity contribution in [1.29, 1.82) is 0 Å². The van der Waals surface area contributed by atoms with Crippen LogP contribution >= 0.6 is 0 Å². The Morgan fingerprint density at radius 1 is 1.50 bits per heavy atom. The number of allylic oxidation sites excluding steroid dienone is 1. The molecule has 1 N–H and O–H groups in total. The molecule has 2 nitrogen and oxygen atoms in total. The molecule has 2 heteroatoms. The van der Waals surface area contributed by atoms with Crippen LogP contribution in [-0.4, -0.2) is 10.9 Å². The van der Waals surface area contributed by atoms with Gasteiger partial charge in [0.05, 0.1) is 5.71 Å². The minimum atomic E-state index is 0.194. The topological polar surface area (TPSA) is 32.6 Å². The fourth-order valence-corrected chi connectivity index (χ4v) is 1.41. The summed E-state index contributed by atoms with van der Waals surface area (Å²) in [5.41, 5.74) is 1.68. The number of rotatable bonds is 4. The Bertz CT molecular complexity index is 316. The number of hydrogen-bond donors (Lipinski definition) is 1. The summed E-state index contributed by atoms with van der Waals surface area (Å²) in [4.78, 5) is 0. The molecule has 0 aromatic heterocycles. The van der Waals surface area contributed by atoms with Crippen LogP contribution in [0.25, 0.3) is 0 Å². The maximum Gasteiger partial charge on any atom is 0.0898 e. The van der Waals surface area contributed by atoms with Crippen molar-refractivity contribution in [2.75, 3.05) is 0 Å². The van der Waals surface area contributed by atoms with Gasteiger partial charge in [-0.25, -0.2) is 0 Å². The van der Waals surface area contributed by atoms with E-state index in [4.69, 9.17) is 5.21 Å². The minimum absolute atomic E-state index is 0.194. The van der Waals surface area contributed by atoms with Crippen LogP contribution in [0.15, 0.2) is 48.1 Å². The van der Waals surface area contributed by atoms with Gasteiger partial charge < -0.3 is 5.21 Å². The Morgan fingerprint density at radius 2 is 2.14 bits per heavy atom. The van der Waals surface area contributed by atoms with Gasteiger partial charge in [-0.1, -0.05) is 48.5 Å². The second kappa shape index (κ2) is 5.22. The third-order valence-corrected chi connectivity index (χ3v) is 2.16. The molecule has 0 aliphatic rings. The van der Waals surface area contributed by atoms with Gasteiger partial charge in [0, 0.05) is 5.92 Å². The summed E-state index contributed by atoms with van der Waals surface area (Å²) in [7, 11) is 0. The highest BCUT2D eigenvalue weighted by molar-refractivity contribution is 6.01. The largest absolute Gasteiger partial charge is 0.411 e. The van der Waals surface area contributed by atoms with Gasteiger partial charge in [0.1, 0.15) is 0 Å². The first-order valence-electron chi connectivity index (χ1n) is 4.68. The molecule has 0 aliphatic carbocycles. The summed E-state index contributed by atoms with van der Waals surface area (Å²) < 4.78 is 0. The molecule has 1 unspecified atom stereocenters. The number of nitrogens with zero attached hydrogens (tertiary/aromatic N) is 1. The molecule has 0 heterocycles. The third-order valence-electron chi connectivity index (χ3n) is 2.16. The zero-order valence-electron chi connectivity index (χ0n) is 8.35. The molecule has 0 saturated carbocycles. The Morgan fingerprint density at radius 3 is 2.64 bits per heavy atom. The second-order valence-corrected chi connectivity index (χ2v) is 3.28. The lowest BCUT2D eigenvalue weighted by Crippen LogP contribution is -2.11. The molecule has 14 heavy (non-hydrogen) atoms. The van der Waals surface area contributed by atoms with Crippen LogP contribution in [0, 0.1) is 5.92 Å². The predicted octanol–water partition coefficient (Wildman–Crippen LogP) is 3.08. The summed E-state index contributed by atoms with van der Waals surface area (Å²) in [6, 6.07) is 9.68. The van der Waals surface area contributed by atoms with Gasteiger partial charge in [0.25, 0.3) is 0 Å². The van der Waals surface area contributed by atoms with E-state index in [0.29, 0.717) is 5.71 Å². The van der Waals surface area contributed by atoms with Crippen LogP contribution in [0.2, 0.25) is 0 Å². The lowest BCUT2D eigenvalue weighted by Gasteiger charge is -2.10. The molecular weight excluding hydrogens is 174 g/mol. The lowest BCUT2D eigenvalue weighted by atomic mass is 9.96. The molecule has 0 spiro atoms. The minimum Gasteiger partial charge on any atom is -0.411 e. The van der Waals surface area contributed by atoms with Crippen LogP contribution in [0.1, 0.15) is 18.9 Å². The van der Waals surface area contributed by atoms with Crippen LogP contribution in [0.5, 0.6) is 0 Å². The zero-order chi connectivity index (χ0) is 10.4. The highest BCUT2D eigenvalue weighted by Gasteiger charge is 2.11. The summed E-state index contributed by atoms with van der Waals surface area (Å²) in [6.45, 7) is 5.69. The first kappa shape index (κ1) is 10.5. The van der Waals surface area contributed by atoms with Crippen molar-refractivity contribution in [2.45, 2.75) is 13.3 Å². The fourth-order valence-electron chi connectivity index (χ4n) is 1.41. The standard InChI is InChI=1S/C12H15NO/c1-3-7-10(2)12(13-14)11-8-5-4-6-9-11/h3-6,8-10,14H,1,7H2,2H3/b13-12-. The molecule has 1 atom stereocenters. The molecule has 0 fully saturated rings. The van der Waals surface area contributed by atoms with Crippen LogP contribution in [0.3, 0.4) is 0 Å². The van der Waals surface area contributed by atoms with Crippen LogP contribution in [0.4, 0.5) is 0 Å². The van der Waals surface area contributed by atoms with E-state index in [1.54, 1.807) is 0 Å². The summed E-state index contributed by atoms with van der Waals surface area (Å²) in [6.07, 6.45) is 2.65. The first-order chi connectivity index (χ1) is 6.79. The number of oxime groups is 1. The maximum absolute atomic E-state index is 8.93. The molecule has 0 radical (unpaired) electrons. The average Bonchev–Trinajstić information content (AvgIpc) is 2.21. The number of hydrogen-bond acceptors (Lipinski definition) is 2. The van der Waals surface area contributed by atoms with Gasteiger partial charge in [0.2, 0.25) is 0 Å². The molecule has 0 bridgehead atoms. The van der Waals surface area contributed by atoms with E-state index in [1.807, 2.05) is 43.3 Å². The Balaban J connectivity index is 2.89. The molecule has 1 rings (SSSR count). The Hall–Kier alpha value is -1.57. The Labute approximate surface area is 84.6 Å². The van der Waals surface area contributed by atoms with E-state index in [0.717, 1.165) is 12.0 Å². The van der Waals surface area contributed by atoms with Crippen molar-refractivity contribution in [2.24, 2.45) is 11.1 Å². The van der Waals surface area contributed by atoms with Gasteiger partial charge in [0.15, 0.2) is 0 Å². The van der Waals surface area contributed by atoms with Crippen molar-refractivity contribution in [3.63, 3.8) is 0 Å². The first-order valence-corrected chi connectivity index (χ1v) is 4.68. The number of benzene rings is 1. The maximum atomic E-state index is 8.93. The molecule has 0 aliphatic heterocycles. The fraction of sp³-hybridized carbons (Fsp3) is 0.250. The van der Waals surface area contributed by atoms with Crippen molar-refractivity contribution in [1.82, 2.24) is 0 Å². The van der Waals surface area contributed by atoms with Gasteiger partial charge >= 0.3 is 0 Å². The summed E-state index contributed by atoms with van der Waals surface area (Å²) in [5.74, 6) is 0.194. The second-order valence-electron chi connectivity index (χ2n) is 3.28. The van der Waals surface area contributed by atoms with E-state index in [2.05, 4.69) is 11.7 Å². The van der Waals surface area contributed by atoms with E-state index in [1.165, 1.54) is 0 Å². The molecule has 1 aromatic rings. The smallest absolute Gasteiger partial charge is 0.0898 e. The summed E-state index contributed by atoms with van der Waals surface area (Å²) >= 11 is 0. The van der Waals surface area contributed by atoms with E-state index >= 15 is 0 Å². The van der Waals surface area contributed by atoms with Gasteiger partial charge in [-0.2, -0.15) is 0 Å². The zero-order valence-corrected chi connectivity index (χ0v) is 8.35. The highest BCUT2D eigenvalue weighted by atomic mass is 16.4. The van der Waals surface area contributed by atoms with Crippen LogP contribution < -0.4 is 0 Å². The van der Waals surface area contributed by atoms with Crippen molar-refractivity contribution < 1.29 is 5.21 Å². The quantitative estimate of drug-likeness (QED) is 0.336. The predicted molar refractivity (Wildman–Crippen MR) is 58.7 cm³/mol. The van der Waals surface area contributed by atoms with Crippen molar-refractivity contribution >= 4 is 5.71 Å². The normalized spacial score (nSPS) is 13.6. The highest BCUT2D eigenvalue weighted by Crippen LogP contribution is 2.13. The molecule has 0 amide bonds. The summed E-state index contributed by atoms with van der Waals surface area (Å²) in [5, 5.41) is 12.3. The van der Waals surface area contributed by atoms with E-state index in [9.17, 15) is 0 Å². The van der Waals surface area contributed by atoms with Crippen molar-refractivity contribution in [3.05, 3.63) is 48.6 Å². The van der Waals surface area contributed by atoms with E-state index < -0.39 is 0 Å². The van der Waals surface area contributed by atoms with Gasteiger partial charge in [-0.3, -0.25) is 0 Å². The average molecular weight is 189 g/mol. The van der Waals surface area contributed by atoms with Crippen LogP contribution in [-0.2, 0) is 0 Å². The molecule has 1 aromatic carbocycles. The third kappa shape index (κ3) is 2.46. The van der Waals surface area contributed by atoms with Crippen molar-refractivity contribution in [3.8, 4) is 0 Å². The van der Waals surface area contributed by atoms with Gasteiger partial charge in [-0.15, -0.1) is 6.58 Å². The Kier molecular flexibility index (Phi) is 3.92. The van der Waals surface area contributed by atoms with Gasteiger partial charge in [-0.05, 0) is 12.0 Å². The molecule has 74 valence electrons. The lowest BCUT2D eigenvalue weighted by molar-refractivity contribution is 0.316. The monoisotopic (exact) mass is 189 g/mol. The van der Waals surface area contributed by atoms with E-state index in [-0.39, 0.29) is 5.92 Å². The molecular formula is C12H15NO.